The molecule has 1 saturated heterocycles. The quantitative estimate of drug-likeness (QED) is 0.750. The Morgan fingerprint density at radius 2 is 1.56 bits per heavy atom. The monoisotopic (exact) mass is 426 g/mol. The van der Waals surface area contributed by atoms with Crippen LogP contribution in [0.2, 0.25) is 10.0 Å². The van der Waals surface area contributed by atoms with Crippen molar-refractivity contribution in [2.24, 2.45) is 0 Å². The summed E-state index contributed by atoms with van der Waals surface area (Å²) in [4.78, 5) is 14.4. The molecule has 1 aliphatic rings. The van der Waals surface area contributed by atoms with Crippen LogP contribution in [0.3, 0.4) is 0 Å². The first-order chi connectivity index (χ1) is 12.7. The van der Waals surface area contributed by atoms with Crippen LogP contribution in [0.4, 0.5) is 0 Å². The lowest BCUT2D eigenvalue weighted by Gasteiger charge is -2.34. The molecule has 0 saturated carbocycles. The summed E-state index contributed by atoms with van der Waals surface area (Å²) in [6.07, 6.45) is 0. The van der Waals surface area contributed by atoms with Gasteiger partial charge in [0.1, 0.15) is 4.90 Å². The van der Waals surface area contributed by atoms with Crippen molar-refractivity contribution in [2.45, 2.75) is 18.7 Å². The maximum atomic E-state index is 12.9. The third kappa shape index (κ3) is 4.14. The molecule has 1 amide bonds. The normalized spacial score (nSPS) is 15.8. The number of sulfonamides is 1. The Balaban J connectivity index is 1.75. The Bertz CT molecular complexity index is 964. The molecular weight excluding hydrogens is 407 g/mol. The van der Waals surface area contributed by atoms with Crippen LogP contribution in [0, 0.1) is 13.8 Å². The minimum absolute atomic E-state index is 0.00856. The number of hydrogen-bond acceptors (Lipinski definition) is 3. The van der Waals surface area contributed by atoms with Crippen molar-refractivity contribution in [3.05, 3.63) is 63.1 Å². The summed E-state index contributed by atoms with van der Waals surface area (Å²) in [6.45, 7) is 4.96. The van der Waals surface area contributed by atoms with E-state index >= 15 is 0 Å². The highest BCUT2D eigenvalue weighted by molar-refractivity contribution is 7.89. The maximum Gasteiger partial charge on any atom is 0.253 e. The SMILES string of the molecule is Cc1cc(C)cc(C(=O)N2CCN(S(=O)(=O)c3cccc(Cl)c3Cl)CC2)c1. The van der Waals surface area contributed by atoms with Gasteiger partial charge in [0.2, 0.25) is 10.0 Å². The number of benzene rings is 2. The zero-order valence-corrected chi connectivity index (χ0v) is 17.4. The highest BCUT2D eigenvalue weighted by Crippen LogP contribution is 2.31. The van der Waals surface area contributed by atoms with E-state index in [9.17, 15) is 13.2 Å². The zero-order chi connectivity index (χ0) is 19.8. The number of carbonyl (C=O) groups excluding carboxylic acids is 1. The van der Waals surface area contributed by atoms with E-state index in [-0.39, 0.29) is 33.9 Å². The molecule has 0 unspecified atom stereocenters. The molecule has 0 radical (unpaired) electrons. The summed E-state index contributed by atoms with van der Waals surface area (Å²) in [5, 5.41) is 0.217. The Kier molecular flexibility index (Phi) is 5.82. The number of nitrogens with zero attached hydrogens (tertiary/aromatic N) is 2. The average molecular weight is 427 g/mol. The third-order valence-electron chi connectivity index (χ3n) is 4.53. The summed E-state index contributed by atoms with van der Waals surface area (Å²) in [6, 6.07) is 10.3. The second-order valence-electron chi connectivity index (χ2n) is 6.62. The number of amides is 1. The lowest BCUT2D eigenvalue weighted by molar-refractivity contribution is 0.0697. The highest BCUT2D eigenvalue weighted by Gasteiger charge is 2.32. The summed E-state index contributed by atoms with van der Waals surface area (Å²) >= 11 is 12.0. The first-order valence-electron chi connectivity index (χ1n) is 8.52. The molecule has 1 fully saturated rings. The van der Waals surface area contributed by atoms with Crippen LogP contribution in [0.5, 0.6) is 0 Å². The fourth-order valence-corrected chi connectivity index (χ4v) is 5.39. The van der Waals surface area contributed by atoms with Gasteiger partial charge in [0.15, 0.2) is 0 Å². The molecule has 27 heavy (non-hydrogen) atoms. The molecule has 5 nitrogen and oxygen atoms in total. The van der Waals surface area contributed by atoms with Gasteiger partial charge in [-0.05, 0) is 38.1 Å². The van der Waals surface area contributed by atoms with Gasteiger partial charge in [0.05, 0.1) is 10.0 Å². The van der Waals surface area contributed by atoms with Crippen molar-refractivity contribution in [1.82, 2.24) is 9.21 Å². The number of rotatable bonds is 3. The van der Waals surface area contributed by atoms with Gasteiger partial charge in [-0.15, -0.1) is 0 Å². The molecule has 144 valence electrons. The molecule has 8 heteroatoms. The van der Waals surface area contributed by atoms with Crippen LogP contribution >= 0.6 is 23.2 Å². The van der Waals surface area contributed by atoms with Crippen molar-refractivity contribution in [2.75, 3.05) is 26.2 Å². The standard InChI is InChI=1S/C19H20Cl2N2O3S/c1-13-10-14(2)12-15(11-13)19(24)22-6-8-23(9-7-22)27(25,26)17-5-3-4-16(20)18(17)21/h3-5,10-12H,6-9H2,1-2H3. The van der Waals surface area contributed by atoms with Crippen molar-refractivity contribution in [1.29, 1.82) is 0 Å². The Labute approximate surface area is 169 Å². The van der Waals surface area contributed by atoms with E-state index in [1.54, 1.807) is 17.0 Å². The lowest BCUT2D eigenvalue weighted by Crippen LogP contribution is -2.50. The smallest absolute Gasteiger partial charge is 0.253 e. The summed E-state index contributed by atoms with van der Waals surface area (Å²) in [7, 11) is -3.76. The number of hydrogen-bond donors (Lipinski definition) is 0. The van der Waals surface area contributed by atoms with E-state index in [1.807, 2.05) is 32.0 Å². The predicted octanol–water partition coefficient (Wildman–Crippen LogP) is 3.76. The second-order valence-corrected chi connectivity index (χ2v) is 9.32. The minimum atomic E-state index is -3.76. The third-order valence-corrected chi connectivity index (χ3v) is 7.40. The number of halogens is 2. The van der Waals surface area contributed by atoms with E-state index in [2.05, 4.69) is 0 Å². The molecular formula is C19H20Cl2N2O3S. The van der Waals surface area contributed by atoms with Gasteiger partial charge in [-0.25, -0.2) is 8.42 Å². The van der Waals surface area contributed by atoms with Gasteiger partial charge in [0.25, 0.3) is 5.91 Å². The molecule has 0 atom stereocenters. The highest BCUT2D eigenvalue weighted by atomic mass is 35.5. The molecule has 2 aromatic carbocycles. The first kappa shape index (κ1) is 20.1. The van der Waals surface area contributed by atoms with Crippen molar-refractivity contribution >= 4 is 39.1 Å². The first-order valence-corrected chi connectivity index (χ1v) is 10.7. The van der Waals surface area contributed by atoms with Gasteiger partial charge in [-0.2, -0.15) is 4.31 Å². The van der Waals surface area contributed by atoms with Crippen LogP contribution < -0.4 is 0 Å². The van der Waals surface area contributed by atoms with E-state index in [0.29, 0.717) is 18.7 Å². The molecule has 3 rings (SSSR count). The maximum absolute atomic E-state index is 12.9. The van der Waals surface area contributed by atoms with Gasteiger partial charge in [0, 0.05) is 31.7 Å². The zero-order valence-electron chi connectivity index (χ0n) is 15.1. The molecule has 0 spiro atoms. The summed E-state index contributed by atoms with van der Waals surface area (Å²) < 4.78 is 27.1. The van der Waals surface area contributed by atoms with E-state index in [1.165, 1.54) is 10.4 Å². The van der Waals surface area contributed by atoms with E-state index < -0.39 is 10.0 Å². The van der Waals surface area contributed by atoms with Gasteiger partial charge >= 0.3 is 0 Å². The largest absolute Gasteiger partial charge is 0.336 e. The van der Waals surface area contributed by atoms with E-state index in [0.717, 1.165) is 11.1 Å². The van der Waals surface area contributed by atoms with Crippen molar-refractivity contribution < 1.29 is 13.2 Å². The molecule has 0 N–H and O–H groups in total. The molecule has 0 bridgehead atoms. The fourth-order valence-electron chi connectivity index (χ4n) is 3.23. The topological polar surface area (TPSA) is 57.7 Å². The minimum Gasteiger partial charge on any atom is -0.336 e. The van der Waals surface area contributed by atoms with Crippen molar-refractivity contribution in [3.8, 4) is 0 Å². The van der Waals surface area contributed by atoms with Crippen LogP contribution in [-0.2, 0) is 10.0 Å². The predicted molar refractivity (Wildman–Crippen MR) is 107 cm³/mol. The molecule has 2 aromatic rings. The van der Waals surface area contributed by atoms with Crippen LogP contribution in [0.1, 0.15) is 21.5 Å². The number of piperazine rings is 1. The summed E-state index contributed by atoms with van der Waals surface area (Å²) in [5.41, 5.74) is 2.67. The van der Waals surface area contributed by atoms with Gasteiger partial charge in [-0.3, -0.25) is 4.79 Å². The molecule has 0 aromatic heterocycles. The van der Waals surface area contributed by atoms with E-state index in [4.69, 9.17) is 23.2 Å². The fraction of sp³-hybridized carbons (Fsp3) is 0.316. The number of carbonyl (C=O) groups is 1. The molecule has 0 aliphatic carbocycles. The molecule has 1 heterocycles. The second kappa shape index (κ2) is 7.80. The summed E-state index contributed by atoms with van der Waals surface area (Å²) in [5.74, 6) is -0.0837. The van der Waals surface area contributed by atoms with Gasteiger partial charge < -0.3 is 4.90 Å². The Morgan fingerprint density at radius 3 is 2.15 bits per heavy atom. The molecule has 1 aliphatic heterocycles. The average Bonchev–Trinajstić information content (AvgIpc) is 2.62. The van der Waals surface area contributed by atoms with Crippen molar-refractivity contribution in [3.63, 3.8) is 0 Å². The van der Waals surface area contributed by atoms with Crippen LogP contribution in [0.15, 0.2) is 41.3 Å². The van der Waals surface area contributed by atoms with Crippen LogP contribution in [0.25, 0.3) is 0 Å². The Hall–Kier alpha value is -1.60. The lowest BCUT2D eigenvalue weighted by atomic mass is 10.1. The van der Waals surface area contributed by atoms with Gasteiger partial charge in [-0.1, -0.05) is 46.5 Å². The van der Waals surface area contributed by atoms with Crippen LogP contribution in [-0.4, -0.2) is 49.7 Å². The Morgan fingerprint density at radius 1 is 0.963 bits per heavy atom. The number of aryl methyl sites for hydroxylation is 2.